The van der Waals surface area contributed by atoms with Crippen molar-refractivity contribution in [1.29, 1.82) is 0 Å². The third-order valence-corrected chi connectivity index (χ3v) is 4.16. The quantitative estimate of drug-likeness (QED) is 0.715. The maximum atomic E-state index is 6.04. The molecule has 1 aromatic carbocycles. The van der Waals surface area contributed by atoms with Gasteiger partial charge in [-0.3, -0.25) is 5.10 Å². The van der Waals surface area contributed by atoms with Gasteiger partial charge < -0.3 is 10.2 Å². The normalized spacial score (nSPS) is 11.2. The minimum absolute atomic E-state index is 0.482. The second-order valence-electron chi connectivity index (χ2n) is 5.24. The van der Waals surface area contributed by atoms with Crippen molar-refractivity contribution in [3.8, 4) is 22.4 Å². The zero-order valence-electron chi connectivity index (χ0n) is 11.9. The number of anilines is 1. The summed E-state index contributed by atoms with van der Waals surface area (Å²) >= 11 is 3.39. The number of rotatable bonds is 3. The average Bonchev–Trinajstić information content (AvgIpc) is 3.04. The highest BCUT2D eigenvalue weighted by Gasteiger charge is 2.18. The van der Waals surface area contributed by atoms with E-state index in [-0.39, 0.29) is 0 Å². The molecule has 0 bridgehead atoms. The van der Waals surface area contributed by atoms with Crippen LogP contribution in [0.3, 0.4) is 0 Å². The van der Waals surface area contributed by atoms with E-state index in [1.165, 1.54) is 5.56 Å². The Kier molecular flexibility index (Phi) is 3.59. The monoisotopic (exact) mass is 345 g/mol. The molecule has 108 valence electrons. The Labute approximate surface area is 131 Å². The molecule has 0 amide bonds. The number of benzene rings is 1. The van der Waals surface area contributed by atoms with Gasteiger partial charge in [-0.2, -0.15) is 5.10 Å². The highest BCUT2D eigenvalue weighted by molar-refractivity contribution is 9.10. The number of furan rings is 1. The molecule has 0 aliphatic carbocycles. The topological polar surface area (TPSA) is 67.8 Å². The first-order valence-corrected chi connectivity index (χ1v) is 7.54. The fraction of sp³-hybridized carbons (Fsp3) is 0.188. The van der Waals surface area contributed by atoms with Crippen LogP contribution in [-0.2, 0) is 0 Å². The van der Waals surface area contributed by atoms with Crippen molar-refractivity contribution in [2.24, 2.45) is 0 Å². The third kappa shape index (κ3) is 2.49. The average molecular weight is 346 g/mol. The van der Waals surface area contributed by atoms with E-state index >= 15 is 0 Å². The molecular formula is C16H16BrN3O. The molecule has 0 aliphatic heterocycles. The van der Waals surface area contributed by atoms with Gasteiger partial charge >= 0.3 is 0 Å². The van der Waals surface area contributed by atoms with E-state index in [1.807, 2.05) is 6.07 Å². The Morgan fingerprint density at radius 2 is 1.90 bits per heavy atom. The minimum atomic E-state index is 0.482. The van der Waals surface area contributed by atoms with Crippen LogP contribution in [-0.4, -0.2) is 10.2 Å². The van der Waals surface area contributed by atoms with Crippen molar-refractivity contribution in [2.45, 2.75) is 19.8 Å². The number of hydrogen-bond donors (Lipinski definition) is 2. The van der Waals surface area contributed by atoms with Crippen molar-refractivity contribution in [3.05, 3.63) is 46.8 Å². The number of nitrogens with zero attached hydrogens (tertiary/aromatic N) is 1. The molecule has 0 fully saturated rings. The molecule has 0 saturated heterocycles. The van der Waals surface area contributed by atoms with E-state index in [0.29, 0.717) is 16.4 Å². The number of halogens is 1. The summed E-state index contributed by atoms with van der Waals surface area (Å²) < 4.78 is 5.96. The van der Waals surface area contributed by atoms with Gasteiger partial charge in [0.25, 0.3) is 0 Å². The molecule has 0 atom stereocenters. The highest BCUT2D eigenvalue weighted by Crippen LogP contribution is 2.38. The minimum Gasteiger partial charge on any atom is -0.457 e. The lowest BCUT2D eigenvalue weighted by atomic mass is 9.97. The summed E-state index contributed by atoms with van der Waals surface area (Å²) in [4.78, 5) is 0. The molecule has 21 heavy (non-hydrogen) atoms. The Bertz CT molecular complexity index is 756. The van der Waals surface area contributed by atoms with E-state index in [0.717, 1.165) is 22.4 Å². The largest absolute Gasteiger partial charge is 0.457 e. The molecule has 0 unspecified atom stereocenters. The van der Waals surface area contributed by atoms with E-state index < -0.39 is 0 Å². The SMILES string of the molecule is CC(C)c1ccc(-c2c(N)n[nH]c2-c2ccoc2Br)cc1. The molecule has 2 aromatic heterocycles. The fourth-order valence-corrected chi connectivity index (χ4v) is 2.79. The Hall–Kier alpha value is -2.01. The molecule has 3 aromatic rings. The molecule has 0 radical (unpaired) electrons. The summed E-state index contributed by atoms with van der Waals surface area (Å²) in [6.07, 6.45) is 1.63. The van der Waals surface area contributed by atoms with Crippen LogP contribution in [0.4, 0.5) is 5.82 Å². The molecule has 3 rings (SSSR count). The summed E-state index contributed by atoms with van der Waals surface area (Å²) in [7, 11) is 0. The van der Waals surface area contributed by atoms with Gasteiger partial charge in [0.1, 0.15) is 0 Å². The highest BCUT2D eigenvalue weighted by atomic mass is 79.9. The molecule has 0 aliphatic rings. The lowest BCUT2D eigenvalue weighted by Gasteiger charge is -2.08. The predicted octanol–water partition coefficient (Wildman–Crippen LogP) is 4.80. The van der Waals surface area contributed by atoms with Crippen LogP contribution in [0.1, 0.15) is 25.3 Å². The zero-order valence-corrected chi connectivity index (χ0v) is 13.4. The van der Waals surface area contributed by atoms with Crippen LogP contribution in [0.15, 0.2) is 45.7 Å². The third-order valence-electron chi connectivity index (χ3n) is 3.55. The molecule has 3 N–H and O–H groups in total. The molecule has 5 heteroatoms. The van der Waals surface area contributed by atoms with Gasteiger partial charge in [-0.25, -0.2) is 0 Å². The number of nitrogens with two attached hydrogens (primary N) is 1. The molecule has 4 nitrogen and oxygen atoms in total. The van der Waals surface area contributed by atoms with Crippen LogP contribution >= 0.6 is 15.9 Å². The van der Waals surface area contributed by atoms with Crippen LogP contribution in [0.2, 0.25) is 0 Å². The van der Waals surface area contributed by atoms with Crippen LogP contribution in [0.5, 0.6) is 0 Å². The van der Waals surface area contributed by atoms with Crippen LogP contribution in [0.25, 0.3) is 22.4 Å². The van der Waals surface area contributed by atoms with Gasteiger partial charge in [-0.1, -0.05) is 38.1 Å². The number of aromatic amines is 1. The first-order valence-electron chi connectivity index (χ1n) is 6.75. The Balaban J connectivity index is 2.10. The zero-order chi connectivity index (χ0) is 15.0. The predicted molar refractivity (Wildman–Crippen MR) is 87.9 cm³/mol. The van der Waals surface area contributed by atoms with Crippen LogP contribution in [0, 0.1) is 0 Å². The molecule has 0 saturated carbocycles. The fourth-order valence-electron chi connectivity index (χ4n) is 2.35. The first-order chi connectivity index (χ1) is 10.1. The maximum absolute atomic E-state index is 6.04. The summed E-state index contributed by atoms with van der Waals surface area (Å²) in [5.74, 6) is 0.985. The number of H-pyrrole nitrogens is 1. The van der Waals surface area contributed by atoms with E-state index in [2.05, 4.69) is 64.2 Å². The maximum Gasteiger partial charge on any atom is 0.178 e. The van der Waals surface area contributed by atoms with Gasteiger partial charge in [-0.05, 0) is 39.0 Å². The van der Waals surface area contributed by atoms with Crippen LogP contribution < -0.4 is 5.73 Å². The van der Waals surface area contributed by atoms with E-state index in [4.69, 9.17) is 10.2 Å². The second-order valence-corrected chi connectivity index (χ2v) is 5.96. The first kappa shape index (κ1) is 13.9. The Morgan fingerprint density at radius 3 is 2.48 bits per heavy atom. The van der Waals surface area contributed by atoms with Crippen molar-refractivity contribution < 1.29 is 4.42 Å². The smallest absolute Gasteiger partial charge is 0.178 e. The van der Waals surface area contributed by atoms with Gasteiger partial charge in [0.2, 0.25) is 0 Å². The Morgan fingerprint density at radius 1 is 1.19 bits per heavy atom. The number of hydrogen-bond acceptors (Lipinski definition) is 3. The van der Waals surface area contributed by atoms with Gasteiger partial charge in [-0.15, -0.1) is 0 Å². The number of nitrogen functional groups attached to an aromatic ring is 1. The van der Waals surface area contributed by atoms with Gasteiger partial charge in [0.05, 0.1) is 23.1 Å². The summed E-state index contributed by atoms with van der Waals surface area (Å²) in [6.45, 7) is 4.35. The molecular weight excluding hydrogens is 330 g/mol. The van der Waals surface area contributed by atoms with Crippen molar-refractivity contribution in [2.75, 3.05) is 5.73 Å². The summed E-state index contributed by atoms with van der Waals surface area (Å²) in [6, 6.07) is 10.3. The summed E-state index contributed by atoms with van der Waals surface area (Å²) in [5.41, 5.74) is 11.0. The second kappa shape index (κ2) is 5.41. The van der Waals surface area contributed by atoms with Crippen molar-refractivity contribution in [3.63, 3.8) is 0 Å². The van der Waals surface area contributed by atoms with Gasteiger partial charge in [0, 0.05) is 0 Å². The van der Waals surface area contributed by atoms with Crippen molar-refractivity contribution >= 4 is 21.7 Å². The number of aromatic nitrogens is 2. The lowest BCUT2D eigenvalue weighted by Crippen LogP contribution is -1.90. The molecule has 0 spiro atoms. The molecule has 2 heterocycles. The lowest BCUT2D eigenvalue weighted by molar-refractivity contribution is 0.542. The number of nitrogens with one attached hydrogen (secondary N) is 1. The van der Waals surface area contributed by atoms with E-state index in [9.17, 15) is 0 Å². The van der Waals surface area contributed by atoms with E-state index in [1.54, 1.807) is 6.26 Å². The van der Waals surface area contributed by atoms with Gasteiger partial charge in [0.15, 0.2) is 10.5 Å². The van der Waals surface area contributed by atoms with Crippen molar-refractivity contribution in [1.82, 2.24) is 10.2 Å². The standard InChI is InChI=1S/C16H16BrN3O/c1-9(2)10-3-5-11(6-4-10)13-14(19-20-16(13)18)12-7-8-21-15(12)17/h3-9H,1-2H3,(H3,18,19,20). The summed E-state index contributed by atoms with van der Waals surface area (Å²) in [5, 5.41) is 7.13.